The van der Waals surface area contributed by atoms with Crippen LogP contribution in [0, 0.1) is 0 Å². The number of hydrogen-bond donors (Lipinski definition) is 0. The Bertz CT molecular complexity index is 1020. The third-order valence-corrected chi connectivity index (χ3v) is 5.82. The van der Waals surface area contributed by atoms with Gasteiger partial charge in [-0.3, -0.25) is 14.6 Å². The number of nitrogens with zero attached hydrogens (tertiary/aromatic N) is 3. The molecule has 0 radical (unpaired) electrons. The average molecular weight is 407 g/mol. The molecule has 148 valence electrons. The van der Waals surface area contributed by atoms with Gasteiger partial charge in [0.25, 0.3) is 5.91 Å². The Morgan fingerprint density at radius 2 is 2.03 bits per heavy atom. The van der Waals surface area contributed by atoms with Gasteiger partial charge >= 0.3 is 5.97 Å². The Labute approximate surface area is 173 Å². The fourth-order valence-corrected chi connectivity index (χ4v) is 4.20. The molecule has 1 aliphatic rings. The molecule has 1 atom stereocenters. The molecule has 0 bridgehead atoms. The summed E-state index contributed by atoms with van der Waals surface area (Å²) in [6, 6.07) is 11.9. The molecular formula is C22H21N3O3S. The van der Waals surface area contributed by atoms with Crippen molar-refractivity contribution in [3.05, 3.63) is 71.0 Å². The van der Waals surface area contributed by atoms with Gasteiger partial charge < -0.3 is 9.64 Å². The van der Waals surface area contributed by atoms with E-state index in [1.54, 1.807) is 24.2 Å². The molecule has 0 spiro atoms. The van der Waals surface area contributed by atoms with Crippen LogP contribution in [-0.4, -0.2) is 39.4 Å². The SMILES string of the molecule is C[C@H](OC(=O)Cc1csc(-c2cccnc2)n1)C(=O)N1CCc2ccccc2C1. The number of pyridine rings is 1. The van der Waals surface area contributed by atoms with Gasteiger partial charge in [-0.05, 0) is 36.6 Å². The maximum atomic E-state index is 12.7. The largest absolute Gasteiger partial charge is 0.452 e. The third kappa shape index (κ3) is 4.51. The van der Waals surface area contributed by atoms with Crippen molar-refractivity contribution in [2.75, 3.05) is 6.54 Å². The predicted octanol–water partition coefficient (Wildman–Crippen LogP) is 3.26. The normalized spacial score (nSPS) is 14.2. The van der Waals surface area contributed by atoms with Crippen LogP contribution in [0.1, 0.15) is 23.7 Å². The zero-order valence-corrected chi connectivity index (χ0v) is 16.9. The fourth-order valence-electron chi connectivity index (χ4n) is 3.39. The van der Waals surface area contributed by atoms with Gasteiger partial charge in [-0.2, -0.15) is 0 Å². The maximum Gasteiger partial charge on any atom is 0.312 e. The van der Waals surface area contributed by atoms with Gasteiger partial charge in [-0.15, -0.1) is 11.3 Å². The Kier molecular flexibility index (Phi) is 5.67. The van der Waals surface area contributed by atoms with Gasteiger partial charge in [0.2, 0.25) is 0 Å². The second-order valence-corrected chi connectivity index (χ2v) is 7.83. The molecule has 1 aromatic carbocycles. The van der Waals surface area contributed by atoms with Crippen molar-refractivity contribution >= 4 is 23.2 Å². The van der Waals surface area contributed by atoms with E-state index in [0.717, 1.165) is 22.6 Å². The highest BCUT2D eigenvalue weighted by molar-refractivity contribution is 7.13. The second-order valence-electron chi connectivity index (χ2n) is 6.97. The first kappa shape index (κ1) is 19.3. The van der Waals surface area contributed by atoms with Crippen molar-refractivity contribution in [1.82, 2.24) is 14.9 Å². The summed E-state index contributed by atoms with van der Waals surface area (Å²) in [4.78, 5) is 35.3. The molecule has 3 aromatic rings. The molecule has 0 saturated carbocycles. The number of aromatic nitrogens is 2. The van der Waals surface area contributed by atoms with Crippen LogP contribution in [-0.2, 0) is 33.7 Å². The Hall–Kier alpha value is -3.06. The molecule has 7 heteroatoms. The molecule has 0 aliphatic carbocycles. The molecule has 29 heavy (non-hydrogen) atoms. The van der Waals surface area contributed by atoms with E-state index in [2.05, 4.69) is 16.0 Å². The zero-order chi connectivity index (χ0) is 20.2. The molecule has 0 N–H and O–H groups in total. The lowest BCUT2D eigenvalue weighted by Crippen LogP contribution is -2.42. The molecular weight excluding hydrogens is 386 g/mol. The van der Waals surface area contributed by atoms with E-state index >= 15 is 0 Å². The van der Waals surface area contributed by atoms with E-state index in [-0.39, 0.29) is 12.3 Å². The quantitative estimate of drug-likeness (QED) is 0.607. The lowest BCUT2D eigenvalue weighted by atomic mass is 9.99. The van der Waals surface area contributed by atoms with Crippen molar-refractivity contribution in [3.63, 3.8) is 0 Å². The molecule has 0 unspecified atom stereocenters. The minimum absolute atomic E-state index is 0.0389. The highest BCUT2D eigenvalue weighted by atomic mass is 32.1. The number of thiazole rings is 1. The number of benzene rings is 1. The van der Waals surface area contributed by atoms with Gasteiger partial charge in [0.1, 0.15) is 5.01 Å². The fraction of sp³-hybridized carbons (Fsp3) is 0.273. The van der Waals surface area contributed by atoms with Crippen LogP contribution in [0.25, 0.3) is 10.6 Å². The van der Waals surface area contributed by atoms with E-state index < -0.39 is 12.1 Å². The third-order valence-electron chi connectivity index (χ3n) is 4.88. The first-order valence-corrected chi connectivity index (χ1v) is 10.4. The number of hydrogen-bond acceptors (Lipinski definition) is 6. The lowest BCUT2D eigenvalue weighted by molar-refractivity contribution is -0.159. The van der Waals surface area contributed by atoms with E-state index in [1.807, 2.05) is 35.7 Å². The van der Waals surface area contributed by atoms with Crippen molar-refractivity contribution < 1.29 is 14.3 Å². The number of carbonyl (C=O) groups excluding carboxylic acids is 2. The van der Waals surface area contributed by atoms with Crippen molar-refractivity contribution in [1.29, 1.82) is 0 Å². The molecule has 3 heterocycles. The number of rotatable bonds is 5. The van der Waals surface area contributed by atoms with Gasteiger partial charge in [0, 0.05) is 36.4 Å². The first-order valence-electron chi connectivity index (χ1n) is 9.50. The summed E-state index contributed by atoms with van der Waals surface area (Å²) >= 11 is 1.45. The first-order chi connectivity index (χ1) is 14.1. The van der Waals surface area contributed by atoms with Crippen LogP contribution in [0.15, 0.2) is 54.2 Å². The topological polar surface area (TPSA) is 72.4 Å². The van der Waals surface area contributed by atoms with Crippen LogP contribution >= 0.6 is 11.3 Å². The second kappa shape index (κ2) is 8.53. The van der Waals surface area contributed by atoms with Crippen LogP contribution in [0.5, 0.6) is 0 Å². The van der Waals surface area contributed by atoms with Crippen LogP contribution in [0.4, 0.5) is 0 Å². The minimum atomic E-state index is -0.816. The number of esters is 1. The van der Waals surface area contributed by atoms with E-state index in [1.165, 1.54) is 16.9 Å². The summed E-state index contributed by atoms with van der Waals surface area (Å²) in [5.41, 5.74) is 3.96. The monoisotopic (exact) mass is 407 g/mol. The summed E-state index contributed by atoms with van der Waals surface area (Å²) in [6.07, 6.45) is 3.48. The Morgan fingerprint density at radius 1 is 1.21 bits per heavy atom. The minimum Gasteiger partial charge on any atom is -0.452 e. The molecule has 0 saturated heterocycles. The van der Waals surface area contributed by atoms with Crippen LogP contribution < -0.4 is 0 Å². The predicted molar refractivity (Wildman–Crippen MR) is 110 cm³/mol. The highest BCUT2D eigenvalue weighted by Gasteiger charge is 2.27. The van der Waals surface area contributed by atoms with Crippen molar-refractivity contribution in [3.8, 4) is 10.6 Å². The molecule has 2 aromatic heterocycles. The van der Waals surface area contributed by atoms with Gasteiger partial charge in [-0.25, -0.2) is 4.98 Å². The summed E-state index contributed by atoms with van der Waals surface area (Å²) in [5, 5.41) is 2.63. The lowest BCUT2D eigenvalue weighted by Gasteiger charge is -2.30. The zero-order valence-electron chi connectivity index (χ0n) is 16.1. The van der Waals surface area contributed by atoms with Crippen molar-refractivity contribution in [2.24, 2.45) is 0 Å². The van der Waals surface area contributed by atoms with Crippen LogP contribution in [0.2, 0.25) is 0 Å². The smallest absolute Gasteiger partial charge is 0.312 e. The number of ether oxygens (including phenoxy) is 1. The standard InChI is InChI=1S/C22H21N3O3S/c1-15(22(27)25-10-8-16-5-2-3-6-18(16)13-25)28-20(26)11-19-14-29-21(24-19)17-7-4-9-23-12-17/h2-7,9,12,14-15H,8,10-11,13H2,1H3/t15-/m0/s1. The van der Waals surface area contributed by atoms with Crippen LogP contribution in [0.3, 0.4) is 0 Å². The number of fused-ring (bicyclic) bond motifs is 1. The van der Waals surface area contributed by atoms with E-state index in [9.17, 15) is 9.59 Å². The van der Waals surface area contributed by atoms with Gasteiger partial charge in [0.05, 0.1) is 12.1 Å². The molecule has 1 aliphatic heterocycles. The molecule has 4 rings (SSSR count). The Morgan fingerprint density at radius 3 is 2.83 bits per heavy atom. The molecule has 0 fully saturated rings. The van der Waals surface area contributed by atoms with Crippen molar-refractivity contribution in [2.45, 2.75) is 32.4 Å². The van der Waals surface area contributed by atoms with Gasteiger partial charge in [-0.1, -0.05) is 24.3 Å². The summed E-state index contributed by atoms with van der Waals surface area (Å²) in [6.45, 7) is 2.82. The summed E-state index contributed by atoms with van der Waals surface area (Å²) < 4.78 is 5.39. The summed E-state index contributed by atoms with van der Waals surface area (Å²) in [7, 11) is 0. The van der Waals surface area contributed by atoms with Gasteiger partial charge in [0.15, 0.2) is 6.10 Å². The molecule has 6 nitrogen and oxygen atoms in total. The maximum absolute atomic E-state index is 12.7. The highest BCUT2D eigenvalue weighted by Crippen LogP contribution is 2.23. The molecule has 1 amide bonds. The average Bonchev–Trinajstić information content (AvgIpc) is 3.21. The number of carbonyl (C=O) groups is 2. The Balaban J connectivity index is 1.33. The van der Waals surface area contributed by atoms with E-state index in [4.69, 9.17) is 4.74 Å². The van der Waals surface area contributed by atoms with E-state index in [0.29, 0.717) is 18.8 Å². The number of amides is 1. The summed E-state index contributed by atoms with van der Waals surface area (Å²) in [5.74, 6) is -0.617.